The molecular weight excluding hydrogens is 340 g/mol. The molecule has 0 fully saturated rings. The summed E-state index contributed by atoms with van der Waals surface area (Å²) in [5.41, 5.74) is 11.8. The second-order valence-corrected chi connectivity index (χ2v) is 7.43. The zero-order chi connectivity index (χ0) is 17.5. The molecule has 1 aromatic heterocycles. The van der Waals surface area contributed by atoms with E-state index in [-0.39, 0.29) is 0 Å². The summed E-state index contributed by atoms with van der Waals surface area (Å²) in [5.74, 6) is 1.68. The standard InChI is InChI=1S/C22H16N2OS/c23-22-24-21-19-11-8-15(12-16(19)13-20(21)26-22)14-6-9-18(10-7-14)25-17-4-2-1-3-5-17/h1-12H,13H2,(H2,23,24). The average Bonchev–Trinajstić information content (AvgIpc) is 3.18. The lowest BCUT2D eigenvalue weighted by molar-refractivity contribution is 0.483. The van der Waals surface area contributed by atoms with Gasteiger partial charge in [0.1, 0.15) is 11.5 Å². The molecule has 0 spiro atoms. The van der Waals surface area contributed by atoms with E-state index in [4.69, 9.17) is 10.5 Å². The Balaban J connectivity index is 1.41. The van der Waals surface area contributed by atoms with E-state index in [1.165, 1.54) is 27.1 Å². The van der Waals surface area contributed by atoms with Gasteiger partial charge in [-0.2, -0.15) is 0 Å². The van der Waals surface area contributed by atoms with E-state index in [0.717, 1.165) is 23.6 Å². The lowest BCUT2D eigenvalue weighted by Crippen LogP contribution is -1.87. The zero-order valence-electron chi connectivity index (χ0n) is 14.0. The van der Waals surface area contributed by atoms with Crippen molar-refractivity contribution in [3.63, 3.8) is 0 Å². The molecule has 3 aromatic carbocycles. The van der Waals surface area contributed by atoms with Gasteiger partial charge in [0.25, 0.3) is 0 Å². The fourth-order valence-electron chi connectivity index (χ4n) is 3.36. The van der Waals surface area contributed by atoms with Crippen LogP contribution in [-0.4, -0.2) is 4.98 Å². The van der Waals surface area contributed by atoms with Crippen LogP contribution in [0.25, 0.3) is 22.4 Å². The van der Waals surface area contributed by atoms with Crippen molar-refractivity contribution < 1.29 is 4.74 Å². The first-order valence-corrected chi connectivity index (χ1v) is 9.30. The monoisotopic (exact) mass is 356 g/mol. The molecule has 126 valence electrons. The lowest BCUT2D eigenvalue weighted by Gasteiger charge is -2.08. The van der Waals surface area contributed by atoms with E-state index < -0.39 is 0 Å². The van der Waals surface area contributed by atoms with Gasteiger partial charge in [-0.1, -0.05) is 48.5 Å². The molecule has 0 radical (unpaired) electrons. The van der Waals surface area contributed by atoms with Gasteiger partial charge in [0.2, 0.25) is 0 Å². The Morgan fingerprint density at radius 2 is 1.58 bits per heavy atom. The summed E-state index contributed by atoms with van der Waals surface area (Å²) in [6, 6.07) is 24.6. The van der Waals surface area contributed by atoms with Crippen molar-refractivity contribution in [2.24, 2.45) is 0 Å². The first-order chi connectivity index (χ1) is 12.8. The second-order valence-electron chi connectivity index (χ2n) is 6.31. The number of thiazole rings is 1. The lowest BCUT2D eigenvalue weighted by atomic mass is 10.00. The smallest absolute Gasteiger partial charge is 0.180 e. The molecule has 0 saturated carbocycles. The fraction of sp³-hybridized carbons (Fsp3) is 0.0455. The highest BCUT2D eigenvalue weighted by Crippen LogP contribution is 2.41. The van der Waals surface area contributed by atoms with Crippen molar-refractivity contribution in [2.75, 3.05) is 5.73 Å². The highest BCUT2D eigenvalue weighted by molar-refractivity contribution is 7.15. The van der Waals surface area contributed by atoms with Gasteiger partial charge in [-0.3, -0.25) is 0 Å². The van der Waals surface area contributed by atoms with Crippen molar-refractivity contribution in [1.29, 1.82) is 0 Å². The van der Waals surface area contributed by atoms with Gasteiger partial charge in [-0.05, 0) is 41.0 Å². The van der Waals surface area contributed by atoms with Crippen molar-refractivity contribution in [1.82, 2.24) is 4.98 Å². The summed E-state index contributed by atoms with van der Waals surface area (Å²) in [5, 5.41) is 0.652. The van der Waals surface area contributed by atoms with Gasteiger partial charge in [-0.25, -0.2) is 4.98 Å². The van der Waals surface area contributed by atoms with Crippen LogP contribution >= 0.6 is 11.3 Å². The van der Waals surface area contributed by atoms with Gasteiger partial charge in [0.15, 0.2) is 5.13 Å². The number of benzene rings is 3. The van der Waals surface area contributed by atoms with E-state index in [2.05, 4.69) is 35.3 Å². The minimum absolute atomic E-state index is 0.652. The summed E-state index contributed by atoms with van der Waals surface area (Å²) in [4.78, 5) is 5.73. The van der Waals surface area contributed by atoms with Crippen LogP contribution in [0.1, 0.15) is 10.4 Å². The predicted octanol–water partition coefficient (Wildman–Crippen LogP) is 5.76. The third kappa shape index (κ3) is 2.65. The molecule has 3 nitrogen and oxygen atoms in total. The maximum absolute atomic E-state index is 5.87. The highest BCUT2D eigenvalue weighted by Gasteiger charge is 2.23. The Kier molecular flexibility index (Phi) is 3.50. The van der Waals surface area contributed by atoms with E-state index >= 15 is 0 Å². The average molecular weight is 356 g/mol. The number of para-hydroxylation sites is 1. The second kappa shape index (κ2) is 6.00. The Morgan fingerprint density at radius 3 is 2.38 bits per heavy atom. The quantitative estimate of drug-likeness (QED) is 0.447. The van der Waals surface area contributed by atoms with Gasteiger partial charge in [0, 0.05) is 16.9 Å². The normalized spacial score (nSPS) is 11.8. The molecule has 0 aliphatic heterocycles. The number of nitrogen functional groups attached to an aromatic ring is 1. The number of ether oxygens (including phenoxy) is 1. The fourth-order valence-corrected chi connectivity index (χ4v) is 4.23. The summed E-state index contributed by atoms with van der Waals surface area (Å²) < 4.78 is 5.87. The van der Waals surface area contributed by atoms with Gasteiger partial charge < -0.3 is 10.5 Å². The first kappa shape index (κ1) is 15.2. The number of fused-ring (bicyclic) bond motifs is 3. The molecule has 0 unspecified atom stereocenters. The molecular formula is C22H16N2OS. The van der Waals surface area contributed by atoms with E-state index in [0.29, 0.717) is 5.13 Å². The molecule has 1 heterocycles. The van der Waals surface area contributed by atoms with Crippen molar-refractivity contribution in [2.45, 2.75) is 6.42 Å². The van der Waals surface area contributed by atoms with E-state index in [1.807, 2.05) is 42.5 Å². The molecule has 0 amide bonds. The number of hydrogen-bond donors (Lipinski definition) is 1. The number of nitrogens with two attached hydrogens (primary N) is 1. The Hall–Kier alpha value is -3.11. The van der Waals surface area contributed by atoms with Crippen LogP contribution in [0.5, 0.6) is 11.5 Å². The zero-order valence-corrected chi connectivity index (χ0v) is 14.8. The minimum Gasteiger partial charge on any atom is -0.457 e. The third-order valence-electron chi connectivity index (χ3n) is 4.59. The molecule has 5 rings (SSSR count). The van der Waals surface area contributed by atoms with Gasteiger partial charge >= 0.3 is 0 Å². The number of nitrogens with zero attached hydrogens (tertiary/aromatic N) is 1. The molecule has 4 aromatic rings. The van der Waals surface area contributed by atoms with E-state index in [9.17, 15) is 0 Å². The topological polar surface area (TPSA) is 48.1 Å². The Bertz CT molecular complexity index is 1090. The van der Waals surface area contributed by atoms with Crippen LogP contribution < -0.4 is 10.5 Å². The van der Waals surface area contributed by atoms with Gasteiger partial charge in [0.05, 0.1) is 5.69 Å². The predicted molar refractivity (Wildman–Crippen MR) is 107 cm³/mol. The molecule has 0 atom stereocenters. The largest absolute Gasteiger partial charge is 0.457 e. The van der Waals surface area contributed by atoms with Crippen LogP contribution in [0, 0.1) is 0 Å². The molecule has 0 saturated heterocycles. The molecule has 2 N–H and O–H groups in total. The molecule has 1 aliphatic carbocycles. The number of rotatable bonds is 3. The molecule has 0 bridgehead atoms. The minimum atomic E-state index is 0.652. The number of aromatic nitrogens is 1. The van der Waals surface area contributed by atoms with Gasteiger partial charge in [-0.15, -0.1) is 11.3 Å². The van der Waals surface area contributed by atoms with Crippen LogP contribution in [0.15, 0.2) is 72.8 Å². The van der Waals surface area contributed by atoms with Crippen molar-refractivity contribution >= 4 is 16.5 Å². The summed E-state index contributed by atoms with van der Waals surface area (Å²) >= 11 is 1.59. The van der Waals surface area contributed by atoms with Crippen molar-refractivity contribution in [3.8, 4) is 33.9 Å². The first-order valence-electron chi connectivity index (χ1n) is 8.48. The van der Waals surface area contributed by atoms with Crippen LogP contribution in [-0.2, 0) is 6.42 Å². The third-order valence-corrected chi connectivity index (χ3v) is 5.48. The summed E-state index contributed by atoms with van der Waals surface area (Å²) in [6.45, 7) is 0. The molecule has 26 heavy (non-hydrogen) atoms. The Morgan fingerprint density at radius 1 is 0.846 bits per heavy atom. The Labute approximate surface area is 155 Å². The van der Waals surface area contributed by atoms with Crippen molar-refractivity contribution in [3.05, 3.63) is 83.2 Å². The van der Waals surface area contributed by atoms with Crippen LogP contribution in [0.3, 0.4) is 0 Å². The SMILES string of the molecule is Nc1nc2c(s1)Cc1cc(-c3ccc(Oc4ccccc4)cc3)ccc1-2. The highest BCUT2D eigenvalue weighted by atomic mass is 32.1. The molecule has 4 heteroatoms. The molecule has 1 aliphatic rings. The maximum atomic E-state index is 5.87. The van der Waals surface area contributed by atoms with Crippen LogP contribution in [0.4, 0.5) is 5.13 Å². The van der Waals surface area contributed by atoms with E-state index in [1.54, 1.807) is 11.3 Å². The van der Waals surface area contributed by atoms with Crippen LogP contribution in [0.2, 0.25) is 0 Å². The maximum Gasteiger partial charge on any atom is 0.180 e. The summed E-state index contributed by atoms with van der Waals surface area (Å²) in [7, 11) is 0. The number of anilines is 1. The summed E-state index contributed by atoms with van der Waals surface area (Å²) in [6.07, 6.45) is 0.919. The number of hydrogen-bond acceptors (Lipinski definition) is 4.